The van der Waals surface area contributed by atoms with Crippen LogP contribution in [-0.4, -0.2) is 31.1 Å². The third kappa shape index (κ3) is 5.17. The average Bonchev–Trinajstić information content (AvgIpc) is 3.58. The molecule has 0 fully saturated rings. The highest BCUT2D eigenvalue weighted by Crippen LogP contribution is 2.27. The number of nitrogens with one attached hydrogen (secondary N) is 1. The number of hydrogen-bond donors (Lipinski definition) is 2. The SMILES string of the molecule is CCCc1nc2c(C)cc(C(=O)NCc3ccccc3)cc2n1Cc1ccc2c(ccn2-c2ccccc2C(=O)O)c1. The van der Waals surface area contributed by atoms with Crippen molar-refractivity contribution in [3.8, 4) is 5.69 Å². The highest BCUT2D eigenvalue weighted by molar-refractivity contribution is 5.98. The number of hydrogen-bond acceptors (Lipinski definition) is 3. The molecule has 0 atom stereocenters. The zero-order valence-electron chi connectivity index (χ0n) is 23.7. The number of carboxylic acid groups (broad SMARTS) is 1. The molecule has 0 aliphatic carbocycles. The van der Waals surface area contributed by atoms with Gasteiger partial charge in [0.05, 0.1) is 27.8 Å². The van der Waals surface area contributed by atoms with E-state index in [1.165, 1.54) is 0 Å². The number of aryl methyl sites for hydroxylation is 2. The number of aromatic carboxylic acids is 1. The molecule has 0 spiro atoms. The lowest BCUT2D eigenvalue weighted by molar-refractivity contribution is 0.0696. The second-order valence-electron chi connectivity index (χ2n) is 10.6. The lowest BCUT2D eigenvalue weighted by Crippen LogP contribution is -2.23. The number of carbonyl (C=O) groups excluding carboxylic acids is 1. The molecule has 4 aromatic carbocycles. The Hall–Kier alpha value is -5.17. The average molecular weight is 557 g/mol. The summed E-state index contributed by atoms with van der Waals surface area (Å²) in [6.07, 6.45) is 3.70. The minimum absolute atomic E-state index is 0.113. The van der Waals surface area contributed by atoms with Gasteiger partial charge in [0.15, 0.2) is 0 Å². The summed E-state index contributed by atoms with van der Waals surface area (Å²) >= 11 is 0. The van der Waals surface area contributed by atoms with Gasteiger partial charge in [0.2, 0.25) is 0 Å². The number of imidazole rings is 1. The monoisotopic (exact) mass is 556 g/mol. The Kier molecular flexibility index (Phi) is 7.32. The molecule has 6 rings (SSSR count). The molecule has 0 saturated heterocycles. The molecule has 42 heavy (non-hydrogen) atoms. The van der Waals surface area contributed by atoms with Gasteiger partial charge in [0.25, 0.3) is 5.91 Å². The van der Waals surface area contributed by atoms with Crippen LogP contribution in [0.3, 0.4) is 0 Å². The van der Waals surface area contributed by atoms with Gasteiger partial charge in [0, 0.05) is 36.7 Å². The first-order chi connectivity index (χ1) is 20.4. The van der Waals surface area contributed by atoms with Gasteiger partial charge >= 0.3 is 5.97 Å². The van der Waals surface area contributed by atoms with E-state index in [1.54, 1.807) is 12.1 Å². The van der Waals surface area contributed by atoms with Gasteiger partial charge in [-0.1, -0.05) is 55.5 Å². The normalized spacial score (nSPS) is 11.3. The second-order valence-corrected chi connectivity index (χ2v) is 10.6. The molecule has 6 aromatic rings. The smallest absolute Gasteiger partial charge is 0.337 e. The first-order valence-electron chi connectivity index (χ1n) is 14.2. The summed E-state index contributed by atoms with van der Waals surface area (Å²) in [4.78, 5) is 30.0. The van der Waals surface area contributed by atoms with Crippen molar-refractivity contribution in [1.82, 2.24) is 19.4 Å². The Morgan fingerprint density at radius 3 is 2.45 bits per heavy atom. The number of carbonyl (C=O) groups is 2. The van der Waals surface area contributed by atoms with Crippen molar-refractivity contribution in [2.24, 2.45) is 0 Å². The van der Waals surface area contributed by atoms with Gasteiger partial charge < -0.3 is 19.6 Å². The number of amides is 1. The van der Waals surface area contributed by atoms with Crippen LogP contribution in [0.5, 0.6) is 0 Å². The van der Waals surface area contributed by atoms with Gasteiger partial charge in [-0.15, -0.1) is 0 Å². The maximum Gasteiger partial charge on any atom is 0.337 e. The van der Waals surface area contributed by atoms with Crippen molar-refractivity contribution in [3.63, 3.8) is 0 Å². The van der Waals surface area contributed by atoms with E-state index >= 15 is 0 Å². The minimum Gasteiger partial charge on any atom is -0.478 e. The first kappa shape index (κ1) is 27.0. The van der Waals surface area contributed by atoms with E-state index in [0.717, 1.165) is 57.3 Å². The number of rotatable bonds is 9. The summed E-state index contributed by atoms with van der Waals surface area (Å²) in [6.45, 7) is 5.22. The molecule has 2 N–H and O–H groups in total. The molecule has 0 unspecified atom stereocenters. The Bertz CT molecular complexity index is 1940. The van der Waals surface area contributed by atoms with E-state index in [0.29, 0.717) is 24.3 Å². The minimum atomic E-state index is -0.956. The van der Waals surface area contributed by atoms with Gasteiger partial charge in [-0.2, -0.15) is 0 Å². The fourth-order valence-corrected chi connectivity index (χ4v) is 5.59. The van der Waals surface area contributed by atoms with Gasteiger partial charge in [-0.25, -0.2) is 9.78 Å². The predicted molar refractivity (Wildman–Crippen MR) is 165 cm³/mol. The third-order valence-corrected chi connectivity index (χ3v) is 7.64. The Morgan fingerprint density at radius 2 is 1.67 bits per heavy atom. The zero-order valence-corrected chi connectivity index (χ0v) is 23.7. The van der Waals surface area contributed by atoms with Crippen molar-refractivity contribution in [1.29, 1.82) is 0 Å². The Labute approximate surface area is 244 Å². The van der Waals surface area contributed by atoms with Crippen LogP contribution >= 0.6 is 0 Å². The van der Waals surface area contributed by atoms with Crippen LogP contribution in [0.15, 0.2) is 97.2 Å². The van der Waals surface area contributed by atoms with Crippen molar-refractivity contribution < 1.29 is 14.7 Å². The van der Waals surface area contributed by atoms with Crippen LogP contribution in [0, 0.1) is 6.92 Å². The van der Waals surface area contributed by atoms with E-state index in [-0.39, 0.29) is 11.5 Å². The first-order valence-corrected chi connectivity index (χ1v) is 14.2. The molecule has 210 valence electrons. The summed E-state index contributed by atoms with van der Waals surface area (Å²) in [5, 5.41) is 13.8. The number of aromatic nitrogens is 3. The largest absolute Gasteiger partial charge is 0.478 e. The summed E-state index contributed by atoms with van der Waals surface area (Å²) in [5.74, 6) is -0.0773. The van der Waals surface area contributed by atoms with Crippen LogP contribution in [0.2, 0.25) is 0 Å². The molecule has 1 amide bonds. The quantitative estimate of drug-likeness (QED) is 0.202. The molecule has 0 radical (unpaired) electrons. The van der Waals surface area contributed by atoms with E-state index in [2.05, 4.69) is 28.9 Å². The number of para-hydroxylation sites is 1. The van der Waals surface area contributed by atoms with Crippen molar-refractivity contribution >= 4 is 33.8 Å². The van der Waals surface area contributed by atoms with Crippen LogP contribution in [-0.2, 0) is 19.5 Å². The van der Waals surface area contributed by atoms with E-state index in [1.807, 2.05) is 84.4 Å². The molecular formula is C35H32N4O3. The van der Waals surface area contributed by atoms with Crippen LogP contribution < -0.4 is 5.32 Å². The molecule has 2 heterocycles. The maximum atomic E-state index is 13.2. The standard InChI is InChI=1S/C35H32N4O3/c1-3-9-32-37-33-23(2)18-27(34(40)36-21-24-10-5-4-6-11-24)20-31(33)39(32)22-25-14-15-29-26(19-25)16-17-38(29)30-13-8-7-12-28(30)35(41)42/h4-8,10-20H,3,9,21-22H2,1-2H3,(H,36,40)(H,41,42). The summed E-state index contributed by atoms with van der Waals surface area (Å²) in [5.41, 5.74) is 7.41. The highest BCUT2D eigenvalue weighted by Gasteiger charge is 2.17. The Balaban J connectivity index is 1.34. The maximum absolute atomic E-state index is 13.2. The molecule has 0 aliphatic rings. The fraction of sp³-hybridized carbons (Fsp3) is 0.171. The zero-order chi connectivity index (χ0) is 29.2. The number of nitrogens with zero attached hydrogens (tertiary/aromatic N) is 3. The number of carboxylic acids is 1. The molecule has 0 saturated carbocycles. The molecular weight excluding hydrogens is 524 g/mol. The number of benzene rings is 4. The van der Waals surface area contributed by atoms with Crippen LogP contribution in [0.1, 0.15) is 56.6 Å². The lowest BCUT2D eigenvalue weighted by atomic mass is 10.1. The van der Waals surface area contributed by atoms with Crippen molar-refractivity contribution in [2.75, 3.05) is 0 Å². The predicted octanol–water partition coefficient (Wildman–Crippen LogP) is 6.92. The van der Waals surface area contributed by atoms with E-state index in [9.17, 15) is 14.7 Å². The fourth-order valence-electron chi connectivity index (χ4n) is 5.59. The van der Waals surface area contributed by atoms with Crippen molar-refractivity contribution in [2.45, 2.75) is 39.8 Å². The molecule has 0 aliphatic heterocycles. The van der Waals surface area contributed by atoms with Crippen LogP contribution in [0.4, 0.5) is 0 Å². The second kappa shape index (κ2) is 11.4. The summed E-state index contributed by atoms with van der Waals surface area (Å²) in [6, 6.07) is 29.0. The molecule has 0 bridgehead atoms. The summed E-state index contributed by atoms with van der Waals surface area (Å²) in [7, 11) is 0. The Morgan fingerprint density at radius 1 is 0.881 bits per heavy atom. The van der Waals surface area contributed by atoms with Gasteiger partial charge in [-0.3, -0.25) is 4.79 Å². The lowest BCUT2D eigenvalue weighted by Gasteiger charge is -2.12. The molecule has 7 nitrogen and oxygen atoms in total. The highest BCUT2D eigenvalue weighted by atomic mass is 16.4. The van der Waals surface area contributed by atoms with Gasteiger partial charge in [-0.05, 0) is 72.5 Å². The van der Waals surface area contributed by atoms with Gasteiger partial charge in [0.1, 0.15) is 5.82 Å². The van der Waals surface area contributed by atoms with Crippen molar-refractivity contribution in [3.05, 3.63) is 131 Å². The molecule has 7 heteroatoms. The number of fused-ring (bicyclic) bond motifs is 2. The topological polar surface area (TPSA) is 89.2 Å². The summed E-state index contributed by atoms with van der Waals surface area (Å²) < 4.78 is 4.14. The van der Waals surface area contributed by atoms with Crippen LogP contribution in [0.25, 0.3) is 27.6 Å². The van der Waals surface area contributed by atoms with E-state index < -0.39 is 5.97 Å². The van der Waals surface area contributed by atoms with E-state index in [4.69, 9.17) is 4.98 Å². The third-order valence-electron chi connectivity index (χ3n) is 7.64. The molecule has 2 aromatic heterocycles.